The van der Waals surface area contributed by atoms with Crippen molar-refractivity contribution in [3.63, 3.8) is 0 Å². The second-order valence-electron chi connectivity index (χ2n) is 5.67. The van der Waals surface area contributed by atoms with Crippen LogP contribution in [-0.4, -0.2) is 12.5 Å². The fourth-order valence-electron chi connectivity index (χ4n) is 2.66. The zero-order valence-corrected chi connectivity index (χ0v) is 13.9. The van der Waals surface area contributed by atoms with E-state index >= 15 is 0 Å². The normalized spacial score (nSPS) is 12.4. The van der Waals surface area contributed by atoms with Gasteiger partial charge in [-0.05, 0) is 44.0 Å². The third-order valence-electron chi connectivity index (χ3n) is 3.81. The number of benzene rings is 1. The Hall–Kier alpha value is -1.35. The van der Waals surface area contributed by atoms with Crippen molar-refractivity contribution in [1.82, 2.24) is 5.32 Å². The minimum atomic E-state index is 0.134. The maximum Gasteiger partial charge on any atom is 0.227 e. The van der Waals surface area contributed by atoms with Gasteiger partial charge < -0.3 is 10.6 Å². The van der Waals surface area contributed by atoms with Gasteiger partial charge in [-0.25, -0.2) is 0 Å². The topological polar surface area (TPSA) is 41.1 Å². The van der Waals surface area contributed by atoms with Crippen molar-refractivity contribution in [3.05, 3.63) is 29.8 Å². The van der Waals surface area contributed by atoms with Gasteiger partial charge in [0.25, 0.3) is 0 Å². The average molecular weight is 290 g/mol. The summed E-state index contributed by atoms with van der Waals surface area (Å²) in [6.45, 7) is 9.44. The fourth-order valence-corrected chi connectivity index (χ4v) is 2.66. The van der Waals surface area contributed by atoms with E-state index in [1.165, 1.54) is 5.56 Å². The lowest BCUT2D eigenvalue weighted by Gasteiger charge is -2.17. The first kappa shape index (κ1) is 17.7. The molecular formula is C18H30N2O. The Kier molecular flexibility index (Phi) is 8.06. The van der Waals surface area contributed by atoms with Crippen LogP contribution in [0.15, 0.2) is 24.3 Å². The van der Waals surface area contributed by atoms with Gasteiger partial charge in [0.15, 0.2) is 0 Å². The highest BCUT2D eigenvalue weighted by Gasteiger charge is 2.16. The van der Waals surface area contributed by atoms with E-state index in [-0.39, 0.29) is 11.8 Å². The standard InChI is InChI=1S/C18H30N2O/c1-5-9-15(10-6-2)18(21)20-17-12-8-11-16(13-17)14(4)19-7-3/h8,11-15,19H,5-7,9-10H2,1-4H3,(H,20,21). The van der Waals surface area contributed by atoms with E-state index in [1.807, 2.05) is 12.1 Å². The molecule has 0 aliphatic rings. The van der Waals surface area contributed by atoms with E-state index < -0.39 is 0 Å². The highest BCUT2D eigenvalue weighted by molar-refractivity contribution is 5.92. The second kappa shape index (κ2) is 9.56. The van der Waals surface area contributed by atoms with Crippen molar-refractivity contribution in [2.75, 3.05) is 11.9 Å². The van der Waals surface area contributed by atoms with Crippen LogP contribution in [0.25, 0.3) is 0 Å². The van der Waals surface area contributed by atoms with Crippen molar-refractivity contribution in [1.29, 1.82) is 0 Å². The van der Waals surface area contributed by atoms with E-state index in [0.717, 1.165) is 37.9 Å². The first-order chi connectivity index (χ1) is 10.1. The van der Waals surface area contributed by atoms with Gasteiger partial charge in [-0.15, -0.1) is 0 Å². The molecule has 0 aliphatic heterocycles. The van der Waals surface area contributed by atoms with Crippen molar-refractivity contribution in [3.8, 4) is 0 Å². The van der Waals surface area contributed by atoms with E-state index in [2.05, 4.69) is 50.5 Å². The Morgan fingerprint density at radius 3 is 2.38 bits per heavy atom. The minimum absolute atomic E-state index is 0.134. The molecule has 1 aromatic carbocycles. The van der Waals surface area contributed by atoms with Crippen LogP contribution in [-0.2, 0) is 4.79 Å². The number of hydrogen-bond acceptors (Lipinski definition) is 2. The number of nitrogens with one attached hydrogen (secondary N) is 2. The molecule has 0 aromatic heterocycles. The lowest BCUT2D eigenvalue weighted by molar-refractivity contribution is -0.120. The Labute approximate surface area is 129 Å². The molecule has 3 heteroatoms. The molecular weight excluding hydrogens is 260 g/mol. The number of amides is 1. The predicted octanol–water partition coefficient (Wildman–Crippen LogP) is 4.51. The molecule has 21 heavy (non-hydrogen) atoms. The van der Waals surface area contributed by atoms with Crippen molar-refractivity contribution >= 4 is 11.6 Å². The summed E-state index contributed by atoms with van der Waals surface area (Å²) >= 11 is 0. The summed E-state index contributed by atoms with van der Waals surface area (Å²) in [7, 11) is 0. The molecule has 0 spiro atoms. The summed E-state index contributed by atoms with van der Waals surface area (Å²) in [5.74, 6) is 0.293. The number of hydrogen-bond donors (Lipinski definition) is 2. The summed E-state index contributed by atoms with van der Waals surface area (Å²) in [5.41, 5.74) is 2.11. The lowest BCUT2D eigenvalue weighted by Crippen LogP contribution is -2.23. The molecule has 0 bridgehead atoms. The van der Waals surface area contributed by atoms with Gasteiger partial charge in [-0.1, -0.05) is 45.7 Å². The average Bonchev–Trinajstić information content (AvgIpc) is 2.47. The molecule has 1 aromatic rings. The van der Waals surface area contributed by atoms with Gasteiger partial charge in [0.1, 0.15) is 0 Å². The maximum atomic E-state index is 12.4. The maximum absolute atomic E-state index is 12.4. The lowest BCUT2D eigenvalue weighted by atomic mass is 9.97. The summed E-state index contributed by atoms with van der Waals surface area (Å²) in [4.78, 5) is 12.4. The van der Waals surface area contributed by atoms with E-state index in [4.69, 9.17) is 0 Å². The van der Waals surface area contributed by atoms with Gasteiger partial charge in [0.2, 0.25) is 5.91 Å². The van der Waals surface area contributed by atoms with Crippen molar-refractivity contribution in [2.24, 2.45) is 5.92 Å². The minimum Gasteiger partial charge on any atom is -0.326 e. The van der Waals surface area contributed by atoms with Crippen LogP contribution < -0.4 is 10.6 Å². The van der Waals surface area contributed by atoms with Crippen LogP contribution in [0.4, 0.5) is 5.69 Å². The van der Waals surface area contributed by atoms with Crippen molar-refractivity contribution in [2.45, 2.75) is 59.4 Å². The number of carbonyl (C=O) groups excluding carboxylic acids is 1. The van der Waals surface area contributed by atoms with Crippen LogP contribution in [0, 0.1) is 5.92 Å². The van der Waals surface area contributed by atoms with Crippen molar-refractivity contribution < 1.29 is 4.79 Å². The monoisotopic (exact) mass is 290 g/mol. The quantitative estimate of drug-likeness (QED) is 0.702. The molecule has 0 aliphatic carbocycles. The molecule has 0 radical (unpaired) electrons. The third kappa shape index (κ3) is 5.88. The molecule has 118 valence electrons. The molecule has 1 atom stereocenters. The summed E-state index contributed by atoms with van der Waals surface area (Å²) < 4.78 is 0. The zero-order valence-electron chi connectivity index (χ0n) is 13.9. The fraction of sp³-hybridized carbons (Fsp3) is 0.611. The summed E-state index contributed by atoms with van der Waals surface area (Å²) in [6.07, 6.45) is 4.03. The summed E-state index contributed by atoms with van der Waals surface area (Å²) in [5, 5.41) is 6.48. The van der Waals surface area contributed by atoms with Crippen LogP contribution >= 0.6 is 0 Å². The van der Waals surface area contributed by atoms with E-state index in [1.54, 1.807) is 0 Å². The molecule has 3 nitrogen and oxygen atoms in total. The highest BCUT2D eigenvalue weighted by Crippen LogP contribution is 2.20. The van der Waals surface area contributed by atoms with Gasteiger partial charge in [-0.3, -0.25) is 4.79 Å². The number of rotatable bonds is 9. The van der Waals surface area contributed by atoms with Gasteiger partial charge in [0, 0.05) is 17.6 Å². The number of anilines is 1. The second-order valence-corrected chi connectivity index (χ2v) is 5.67. The Bertz CT molecular complexity index is 425. The van der Waals surface area contributed by atoms with E-state index in [9.17, 15) is 4.79 Å². The van der Waals surface area contributed by atoms with Crippen LogP contribution in [0.5, 0.6) is 0 Å². The molecule has 0 saturated heterocycles. The highest BCUT2D eigenvalue weighted by atomic mass is 16.1. The molecule has 1 rings (SSSR count). The molecule has 2 N–H and O–H groups in total. The van der Waals surface area contributed by atoms with Gasteiger partial charge >= 0.3 is 0 Å². The first-order valence-corrected chi connectivity index (χ1v) is 8.26. The van der Waals surface area contributed by atoms with Gasteiger partial charge in [0.05, 0.1) is 0 Å². The zero-order chi connectivity index (χ0) is 15.7. The molecule has 0 heterocycles. The number of carbonyl (C=O) groups is 1. The largest absolute Gasteiger partial charge is 0.326 e. The Morgan fingerprint density at radius 1 is 1.14 bits per heavy atom. The van der Waals surface area contributed by atoms with Gasteiger partial charge in [-0.2, -0.15) is 0 Å². The van der Waals surface area contributed by atoms with Crippen LogP contribution in [0.3, 0.4) is 0 Å². The Morgan fingerprint density at radius 2 is 1.81 bits per heavy atom. The molecule has 0 fully saturated rings. The molecule has 1 amide bonds. The first-order valence-electron chi connectivity index (χ1n) is 8.26. The molecule has 0 saturated carbocycles. The van der Waals surface area contributed by atoms with E-state index in [0.29, 0.717) is 6.04 Å². The van der Waals surface area contributed by atoms with Crippen LogP contribution in [0.2, 0.25) is 0 Å². The Balaban J connectivity index is 2.73. The summed E-state index contributed by atoms with van der Waals surface area (Å²) in [6, 6.07) is 8.44. The SMILES string of the molecule is CCCC(CCC)C(=O)Nc1cccc(C(C)NCC)c1. The third-order valence-corrected chi connectivity index (χ3v) is 3.81. The molecule has 1 unspecified atom stereocenters. The predicted molar refractivity (Wildman–Crippen MR) is 90.5 cm³/mol. The van der Waals surface area contributed by atoms with Crippen LogP contribution in [0.1, 0.15) is 65.0 Å². The smallest absolute Gasteiger partial charge is 0.227 e.